The third-order valence-electron chi connectivity index (χ3n) is 1.40. The standard InChI is InChI=1S/C6H6FN3O4S/c7-5-2-1-4(9-15(8,13)14)3-6(5)10(11)12/h1-3,9H,(H2,8,13,14). The van der Waals surface area contributed by atoms with Gasteiger partial charge in [-0.15, -0.1) is 0 Å². The van der Waals surface area contributed by atoms with Crippen LogP contribution in [0.4, 0.5) is 15.8 Å². The van der Waals surface area contributed by atoms with E-state index >= 15 is 0 Å². The molecule has 1 aromatic rings. The molecule has 0 saturated heterocycles. The van der Waals surface area contributed by atoms with Crippen LogP contribution in [-0.2, 0) is 10.2 Å². The van der Waals surface area contributed by atoms with E-state index in [4.69, 9.17) is 0 Å². The van der Waals surface area contributed by atoms with Gasteiger partial charge < -0.3 is 0 Å². The topological polar surface area (TPSA) is 115 Å². The molecule has 15 heavy (non-hydrogen) atoms. The second kappa shape index (κ2) is 3.79. The maximum atomic E-state index is 12.8. The van der Waals surface area contributed by atoms with Gasteiger partial charge in [0.05, 0.1) is 10.6 Å². The summed E-state index contributed by atoms with van der Waals surface area (Å²) in [7, 11) is -4.03. The molecular formula is C6H6FN3O4S. The number of nitrogens with one attached hydrogen (secondary N) is 1. The summed E-state index contributed by atoms with van der Waals surface area (Å²) in [6.45, 7) is 0. The van der Waals surface area contributed by atoms with E-state index in [0.29, 0.717) is 0 Å². The SMILES string of the molecule is NS(=O)(=O)Nc1ccc(F)c([N+](=O)[O-])c1. The molecule has 0 radical (unpaired) electrons. The van der Waals surface area contributed by atoms with Crippen LogP contribution in [0.3, 0.4) is 0 Å². The molecule has 0 aliphatic rings. The molecule has 0 spiro atoms. The van der Waals surface area contributed by atoms with Crippen LogP contribution in [0.25, 0.3) is 0 Å². The summed E-state index contributed by atoms with van der Waals surface area (Å²) in [6, 6.07) is 2.53. The fraction of sp³-hybridized carbons (Fsp3) is 0. The number of benzene rings is 1. The summed E-state index contributed by atoms with van der Waals surface area (Å²) < 4.78 is 35.7. The first-order valence-electron chi connectivity index (χ1n) is 3.54. The van der Waals surface area contributed by atoms with Gasteiger partial charge in [-0.25, -0.2) is 5.14 Å². The zero-order valence-electron chi connectivity index (χ0n) is 7.18. The third kappa shape index (κ3) is 3.14. The van der Waals surface area contributed by atoms with Crippen molar-refractivity contribution in [2.45, 2.75) is 0 Å². The average molecular weight is 235 g/mol. The number of hydrogen-bond acceptors (Lipinski definition) is 4. The Kier molecular flexibility index (Phi) is 2.86. The number of nitro groups is 1. The van der Waals surface area contributed by atoms with E-state index in [1.54, 1.807) is 4.72 Å². The van der Waals surface area contributed by atoms with Gasteiger partial charge in [0.25, 0.3) is 10.2 Å². The fourth-order valence-electron chi connectivity index (χ4n) is 0.880. The van der Waals surface area contributed by atoms with Crippen molar-refractivity contribution >= 4 is 21.6 Å². The Balaban J connectivity index is 3.14. The lowest BCUT2D eigenvalue weighted by molar-refractivity contribution is -0.387. The number of nitro benzene ring substituents is 1. The Bertz CT molecular complexity index is 501. The Hall–Kier alpha value is -1.74. The predicted octanol–water partition coefficient (Wildman–Crippen LogP) is 0.349. The van der Waals surface area contributed by atoms with Crippen molar-refractivity contribution in [1.29, 1.82) is 0 Å². The van der Waals surface area contributed by atoms with Gasteiger partial charge in [-0.2, -0.15) is 12.8 Å². The first-order chi connectivity index (χ1) is 6.79. The molecule has 0 aromatic heterocycles. The summed E-state index contributed by atoms with van der Waals surface area (Å²) in [4.78, 5) is 9.33. The Labute approximate surface area is 84.0 Å². The van der Waals surface area contributed by atoms with E-state index in [9.17, 15) is 22.9 Å². The molecule has 0 unspecified atom stereocenters. The molecule has 82 valence electrons. The van der Waals surface area contributed by atoms with Gasteiger partial charge in [-0.1, -0.05) is 0 Å². The van der Waals surface area contributed by atoms with Crippen molar-refractivity contribution in [3.63, 3.8) is 0 Å². The van der Waals surface area contributed by atoms with Crippen LogP contribution < -0.4 is 9.86 Å². The number of halogens is 1. The van der Waals surface area contributed by atoms with E-state index in [2.05, 4.69) is 5.14 Å². The maximum Gasteiger partial charge on any atom is 0.306 e. The van der Waals surface area contributed by atoms with Gasteiger partial charge in [0, 0.05) is 6.07 Å². The Morgan fingerprint density at radius 2 is 2.07 bits per heavy atom. The van der Waals surface area contributed by atoms with E-state index in [1.165, 1.54) is 0 Å². The fourth-order valence-corrected chi connectivity index (χ4v) is 1.34. The molecule has 1 rings (SSSR count). The zero-order valence-corrected chi connectivity index (χ0v) is 7.99. The molecule has 0 amide bonds. The molecule has 3 N–H and O–H groups in total. The van der Waals surface area contributed by atoms with Crippen LogP contribution in [0.2, 0.25) is 0 Å². The largest absolute Gasteiger partial charge is 0.306 e. The summed E-state index contributed by atoms with van der Waals surface area (Å²) >= 11 is 0. The van der Waals surface area contributed by atoms with Gasteiger partial charge in [0.1, 0.15) is 0 Å². The minimum atomic E-state index is -4.03. The van der Waals surface area contributed by atoms with Gasteiger partial charge in [-0.05, 0) is 12.1 Å². The van der Waals surface area contributed by atoms with Crippen molar-refractivity contribution in [3.8, 4) is 0 Å². The summed E-state index contributed by atoms with van der Waals surface area (Å²) in [5.74, 6) is -1.06. The minimum Gasteiger partial charge on any atom is -0.271 e. The lowest BCUT2D eigenvalue weighted by Crippen LogP contribution is -2.21. The molecule has 0 atom stereocenters. The summed E-state index contributed by atoms with van der Waals surface area (Å²) in [5.41, 5.74) is -1.01. The molecule has 0 heterocycles. The normalized spacial score (nSPS) is 11.1. The van der Waals surface area contributed by atoms with E-state index in [1.807, 2.05) is 0 Å². The van der Waals surface area contributed by atoms with Gasteiger partial charge in [0.15, 0.2) is 0 Å². The molecule has 0 fully saturated rings. The highest BCUT2D eigenvalue weighted by molar-refractivity contribution is 7.90. The first kappa shape index (κ1) is 11.3. The van der Waals surface area contributed by atoms with Crippen LogP contribution in [0.5, 0.6) is 0 Å². The zero-order chi connectivity index (χ0) is 11.6. The monoisotopic (exact) mass is 235 g/mol. The van der Waals surface area contributed by atoms with Crippen molar-refractivity contribution in [2.24, 2.45) is 5.14 Å². The highest BCUT2D eigenvalue weighted by Gasteiger charge is 2.15. The van der Waals surface area contributed by atoms with Crippen LogP contribution in [-0.4, -0.2) is 13.3 Å². The Morgan fingerprint density at radius 3 is 2.53 bits per heavy atom. The molecule has 7 nitrogen and oxygen atoms in total. The van der Waals surface area contributed by atoms with Crippen LogP contribution >= 0.6 is 0 Å². The predicted molar refractivity (Wildman–Crippen MR) is 49.8 cm³/mol. The second-order valence-corrected chi connectivity index (χ2v) is 3.86. The quantitative estimate of drug-likeness (QED) is 0.580. The second-order valence-electron chi connectivity index (χ2n) is 2.57. The van der Waals surface area contributed by atoms with Crippen molar-refractivity contribution in [1.82, 2.24) is 0 Å². The van der Waals surface area contributed by atoms with Crippen LogP contribution in [0.15, 0.2) is 18.2 Å². The molecule has 0 saturated carbocycles. The van der Waals surface area contributed by atoms with Gasteiger partial charge >= 0.3 is 5.69 Å². The molecule has 1 aromatic carbocycles. The number of nitrogens with two attached hydrogens (primary N) is 1. The lowest BCUT2D eigenvalue weighted by atomic mass is 10.3. The number of anilines is 1. The lowest BCUT2D eigenvalue weighted by Gasteiger charge is -2.02. The third-order valence-corrected chi connectivity index (χ3v) is 1.92. The minimum absolute atomic E-state index is 0.175. The van der Waals surface area contributed by atoms with Crippen molar-refractivity contribution in [2.75, 3.05) is 4.72 Å². The smallest absolute Gasteiger partial charge is 0.271 e. The van der Waals surface area contributed by atoms with Gasteiger partial charge in [-0.3, -0.25) is 14.8 Å². The van der Waals surface area contributed by atoms with Crippen molar-refractivity contribution < 1.29 is 17.7 Å². The summed E-state index contributed by atoms with van der Waals surface area (Å²) in [5, 5.41) is 14.9. The molecule has 0 aliphatic carbocycles. The molecule has 9 heteroatoms. The Morgan fingerprint density at radius 1 is 1.47 bits per heavy atom. The number of rotatable bonds is 3. The molecular weight excluding hydrogens is 229 g/mol. The molecule has 0 aliphatic heterocycles. The number of hydrogen-bond donors (Lipinski definition) is 2. The highest BCUT2D eigenvalue weighted by Crippen LogP contribution is 2.21. The number of nitrogens with zero attached hydrogens (tertiary/aromatic N) is 1. The summed E-state index contributed by atoms with van der Waals surface area (Å²) in [6.07, 6.45) is 0. The highest BCUT2D eigenvalue weighted by atomic mass is 32.2. The van der Waals surface area contributed by atoms with Crippen LogP contribution in [0, 0.1) is 15.9 Å². The average Bonchev–Trinajstić information content (AvgIpc) is 2.05. The van der Waals surface area contributed by atoms with E-state index < -0.39 is 26.6 Å². The maximum absolute atomic E-state index is 12.8. The van der Waals surface area contributed by atoms with Crippen molar-refractivity contribution in [3.05, 3.63) is 34.1 Å². The van der Waals surface area contributed by atoms with Gasteiger partial charge in [0.2, 0.25) is 5.82 Å². The van der Waals surface area contributed by atoms with E-state index in [0.717, 1.165) is 18.2 Å². The van der Waals surface area contributed by atoms with E-state index in [-0.39, 0.29) is 5.69 Å². The van der Waals surface area contributed by atoms with Crippen LogP contribution in [0.1, 0.15) is 0 Å². The molecule has 0 bridgehead atoms. The first-order valence-corrected chi connectivity index (χ1v) is 5.09.